The van der Waals surface area contributed by atoms with Gasteiger partial charge in [-0.15, -0.1) is 0 Å². The number of hydrogen-bond donors (Lipinski definition) is 1. The standard InChI is InChI=1S/C13H17FN2O2S/c1-3-18-12(17)6-7-16(2)11-5-4-9(14)8-10(11)13(15)19/h4-5,8H,3,6-7H2,1-2H3,(H2,15,19). The van der Waals surface area contributed by atoms with Crippen LogP contribution in [0.5, 0.6) is 0 Å². The topological polar surface area (TPSA) is 55.6 Å². The maximum Gasteiger partial charge on any atom is 0.307 e. The summed E-state index contributed by atoms with van der Waals surface area (Å²) < 4.78 is 18.0. The number of nitrogens with two attached hydrogens (primary N) is 1. The quantitative estimate of drug-likeness (QED) is 0.638. The lowest BCUT2D eigenvalue weighted by Crippen LogP contribution is -2.25. The van der Waals surface area contributed by atoms with Crippen LogP contribution in [-0.4, -0.2) is 31.2 Å². The van der Waals surface area contributed by atoms with Crippen LogP contribution in [0.3, 0.4) is 0 Å². The van der Waals surface area contributed by atoms with Gasteiger partial charge in [-0.05, 0) is 25.1 Å². The third-order valence-electron chi connectivity index (χ3n) is 2.59. The van der Waals surface area contributed by atoms with Crippen molar-refractivity contribution >= 4 is 28.9 Å². The van der Waals surface area contributed by atoms with Crippen LogP contribution < -0.4 is 10.6 Å². The number of carbonyl (C=O) groups is 1. The van der Waals surface area contributed by atoms with E-state index in [2.05, 4.69) is 0 Å². The molecule has 0 spiro atoms. The van der Waals surface area contributed by atoms with Gasteiger partial charge in [-0.3, -0.25) is 4.79 Å². The van der Waals surface area contributed by atoms with E-state index in [1.807, 2.05) is 0 Å². The minimum atomic E-state index is -0.398. The molecule has 0 bridgehead atoms. The zero-order valence-electron chi connectivity index (χ0n) is 11.0. The van der Waals surface area contributed by atoms with Gasteiger partial charge in [-0.1, -0.05) is 12.2 Å². The average Bonchev–Trinajstić information content (AvgIpc) is 2.36. The van der Waals surface area contributed by atoms with E-state index < -0.39 is 5.82 Å². The van der Waals surface area contributed by atoms with Crippen molar-refractivity contribution in [1.82, 2.24) is 0 Å². The largest absolute Gasteiger partial charge is 0.466 e. The molecule has 0 unspecified atom stereocenters. The summed E-state index contributed by atoms with van der Waals surface area (Å²) in [7, 11) is 1.79. The second kappa shape index (κ2) is 7.04. The Morgan fingerprint density at radius 1 is 1.53 bits per heavy atom. The highest BCUT2D eigenvalue weighted by Crippen LogP contribution is 2.21. The van der Waals surface area contributed by atoms with E-state index in [0.717, 1.165) is 0 Å². The summed E-state index contributed by atoms with van der Waals surface area (Å²) >= 11 is 4.90. The summed E-state index contributed by atoms with van der Waals surface area (Å²) in [6.07, 6.45) is 0.249. The van der Waals surface area contributed by atoms with Crippen molar-refractivity contribution in [2.45, 2.75) is 13.3 Å². The molecule has 2 N–H and O–H groups in total. The smallest absolute Gasteiger partial charge is 0.307 e. The Morgan fingerprint density at radius 2 is 2.21 bits per heavy atom. The van der Waals surface area contributed by atoms with E-state index in [-0.39, 0.29) is 17.4 Å². The molecule has 0 fully saturated rings. The Hall–Kier alpha value is -1.69. The zero-order chi connectivity index (χ0) is 14.4. The van der Waals surface area contributed by atoms with Gasteiger partial charge in [-0.2, -0.15) is 0 Å². The first-order valence-corrected chi connectivity index (χ1v) is 6.32. The van der Waals surface area contributed by atoms with Crippen LogP contribution >= 0.6 is 12.2 Å². The summed E-state index contributed by atoms with van der Waals surface area (Å²) in [4.78, 5) is 13.2. The molecule has 0 atom stereocenters. The molecule has 0 aliphatic rings. The van der Waals surface area contributed by atoms with Crippen LogP contribution in [0.4, 0.5) is 10.1 Å². The zero-order valence-corrected chi connectivity index (χ0v) is 11.8. The molecule has 0 amide bonds. The Morgan fingerprint density at radius 3 is 2.79 bits per heavy atom. The lowest BCUT2D eigenvalue weighted by atomic mass is 10.1. The monoisotopic (exact) mass is 284 g/mol. The van der Waals surface area contributed by atoms with Crippen LogP contribution in [-0.2, 0) is 9.53 Å². The fourth-order valence-corrected chi connectivity index (χ4v) is 1.81. The first kappa shape index (κ1) is 15.4. The molecule has 0 aliphatic heterocycles. The summed E-state index contributed by atoms with van der Waals surface area (Å²) in [6.45, 7) is 2.56. The molecule has 0 aromatic heterocycles. The van der Waals surface area contributed by atoms with E-state index >= 15 is 0 Å². The van der Waals surface area contributed by atoms with Gasteiger partial charge in [-0.25, -0.2) is 4.39 Å². The summed E-state index contributed by atoms with van der Waals surface area (Å²) in [5, 5.41) is 0. The lowest BCUT2D eigenvalue weighted by molar-refractivity contribution is -0.142. The van der Waals surface area contributed by atoms with Crippen molar-refractivity contribution in [2.24, 2.45) is 5.73 Å². The molecule has 6 heteroatoms. The normalized spacial score (nSPS) is 10.1. The minimum absolute atomic E-state index is 0.123. The fourth-order valence-electron chi connectivity index (χ4n) is 1.65. The van der Waals surface area contributed by atoms with E-state index in [9.17, 15) is 9.18 Å². The SMILES string of the molecule is CCOC(=O)CCN(C)c1ccc(F)cc1C(N)=S. The molecule has 0 heterocycles. The van der Waals surface area contributed by atoms with Crippen LogP contribution in [0.2, 0.25) is 0 Å². The van der Waals surface area contributed by atoms with Crippen molar-refractivity contribution in [3.05, 3.63) is 29.6 Å². The molecule has 1 aromatic rings. The number of esters is 1. The van der Waals surface area contributed by atoms with Gasteiger partial charge in [0, 0.05) is 24.8 Å². The summed E-state index contributed by atoms with van der Waals surface area (Å²) in [6, 6.07) is 4.21. The van der Waals surface area contributed by atoms with Crippen LogP contribution in [0.15, 0.2) is 18.2 Å². The van der Waals surface area contributed by atoms with Crippen LogP contribution in [0.25, 0.3) is 0 Å². The summed E-state index contributed by atoms with van der Waals surface area (Å²) in [5.74, 6) is -0.668. The van der Waals surface area contributed by atoms with Gasteiger partial charge in [0.05, 0.1) is 13.0 Å². The van der Waals surface area contributed by atoms with Gasteiger partial charge in [0.25, 0.3) is 0 Å². The molecule has 4 nitrogen and oxygen atoms in total. The van der Waals surface area contributed by atoms with Gasteiger partial charge < -0.3 is 15.4 Å². The number of rotatable bonds is 6. The predicted molar refractivity (Wildman–Crippen MR) is 76.8 cm³/mol. The number of carbonyl (C=O) groups excluding carboxylic acids is 1. The first-order chi connectivity index (χ1) is 8.95. The highest BCUT2D eigenvalue weighted by molar-refractivity contribution is 7.80. The number of halogens is 1. The second-order valence-corrected chi connectivity index (χ2v) is 4.44. The average molecular weight is 284 g/mol. The minimum Gasteiger partial charge on any atom is -0.466 e. The summed E-state index contributed by atoms with van der Waals surface area (Å²) in [5.41, 5.74) is 6.72. The molecule has 19 heavy (non-hydrogen) atoms. The fraction of sp³-hybridized carbons (Fsp3) is 0.385. The van der Waals surface area contributed by atoms with Crippen molar-refractivity contribution < 1.29 is 13.9 Å². The number of nitrogens with zero attached hydrogens (tertiary/aromatic N) is 1. The van der Waals surface area contributed by atoms with Crippen LogP contribution in [0, 0.1) is 5.82 Å². The first-order valence-electron chi connectivity index (χ1n) is 5.91. The van der Waals surface area contributed by atoms with E-state index in [1.54, 1.807) is 24.9 Å². The van der Waals surface area contributed by atoms with E-state index in [0.29, 0.717) is 24.4 Å². The van der Waals surface area contributed by atoms with Gasteiger partial charge >= 0.3 is 5.97 Å². The molecule has 104 valence electrons. The van der Waals surface area contributed by atoms with Crippen molar-refractivity contribution in [2.75, 3.05) is 25.1 Å². The van der Waals surface area contributed by atoms with Crippen molar-refractivity contribution in [3.63, 3.8) is 0 Å². The Bertz CT molecular complexity index is 480. The number of benzene rings is 1. The van der Waals surface area contributed by atoms with E-state index in [1.165, 1.54) is 12.1 Å². The highest BCUT2D eigenvalue weighted by atomic mass is 32.1. The Kier molecular flexibility index (Phi) is 5.69. The van der Waals surface area contributed by atoms with Gasteiger partial charge in [0.2, 0.25) is 0 Å². The molecule has 0 saturated carbocycles. The molecular weight excluding hydrogens is 267 g/mol. The molecule has 0 radical (unpaired) electrons. The van der Waals surface area contributed by atoms with Crippen molar-refractivity contribution in [1.29, 1.82) is 0 Å². The highest BCUT2D eigenvalue weighted by Gasteiger charge is 2.12. The second-order valence-electron chi connectivity index (χ2n) is 4.00. The van der Waals surface area contributed by atoms with Gasteiger partial charge in [0.1, 0.15) is 10.8 Å². The molecule has 1 rings (SSSR count). The number of hydrogen-bond acceptors (Lipinski definition) is 4. The Balaban J connectivity index is 2.79. The number of anilines is 1. The molecular formula is C13H17FN2O2S. The number of ether oxygens (including phenoxy) is 1. The maximum absolute atomic E-state index is 13.2. The maximum atomic E-state index is 13.2. The molecule has 0 saturated heterocycles. The molecule has 1 aromatic carbocycles. The van der Waals surface area contributed by atoms with Crippen molar-refractivity contribution in [3.8, 4) is 0 Å². The van der Waals surface area contributed by atoms with Crippen LogP contribution in [0.1, 0.15) is 18.9 Å². The Labute approximate surface area is 117 Å². The van der Waals surface area contributed by atoms with Gasteiger partial charge in [0.15, 0.2) is 0 Å². The third kappa shape index (κ3) is 4.48. The number of thiocarbonyl (C=S) groups is 1. The molecule has 0 aliphatic carbocycles. The third-order valence-corrected chi connectivity index (χ3v) is 2.81. The lowest BCUT2D eigenvalue weighted by Gasteiger charge is -2.21. The predicted octanol–water partition coefficient (Wildman–Crippen LogP) is 1.85. The van der Waals surface area contributed by atoms with E-state index in [4.69, 9.17) is 22.7 Å².